The molecule has 1 aliphatic heterocycles. The maximum atomic E-state index is 11.6. The molecule has 3 nitrogen and oxygen atoms in total. The summed E-state index contributed by atoms with van der Waals surface area (Å²) >= 11 is 0. The second kappa shape index (κ2) is 7.77. The van der Waals surface area contributed by atoms with Crippen LogP contribution in [0.5, 0.6) is 0 Å². The van der Waals surface area contributed by atoms with Crippen molar-refractivity contribution in [2.45, 2.75) is 47.2 Å². The number of rotatable bonds is 5. The van der Waals surface area contributed by atoms with E-state index in [4.69, 9.17) is 0 Å². The van der Waals surface area contributed by atoms with Crippen molar-refractivity contribution < 1.29 is 4.79 Å². The van der Waals surface area contributed by atoms with Crippen molar-refractivity contribution >= 4 is 5.91 Å². The SMILES string of the molecule is CC1CC(C)CN(Cc2ccc(CNC(=O)C(C)C)cc2)C1. The van der Waals surface area contributed by atoms with Gasteiger partial charge >= 0.3 is 0 Å². The Balaban J connectivity index is 1.85. The minimum absolute atomic E-state index is 0.0438. The lowest BCUT2D eigenvalue weighted by Gasteiger charge is -2.35. The Morgan fingerprint density at radius 1 is 1.14 bits per heavy atom. The summed E-state index contributed by atoms with van der Waals surface area (Å²) in [5.41, 5.74) is 2.53. The van der Waals surface area contributed by atoms with Crippen LogP contribution in [0.15, 0.2) is 24.3 Å². The Kier molecular flexibility index (Phi) is 6.01. The van der Waals surface area contributed by atoms with Crippen LogP contribution in [0.1, 0.15) is 45.2 Å². The second-order valence-corrected chi connectivity index (χ2v) is 7.33. The van der Waals surface area contributed by atoms with Gasteiger partial charge in [0, 0.05) is 32.1 Å². The Morgan fingerprint density at radius 2 is 1.68 bits per heavy atom. The Hall–Kier alpha value is -1.35. The van der Waals surface area contributed by atoms with E-state index in [1.54, 1.807) is 0 Å². The highest BCUT2D eigenvalue weighted by atomic mass is 16.1. The van der Waals surface area contributed by atoms with Crippen LogP contribution >= 0.6 is 0 Å². The van der Waals surface area contributed by atoms with Crippen LogP contribution in [0, 0.1) is 17.8 Å². The number of piperidine rings is 1. The molecule has 122 valence electrons. The molecule has 1 aromatic rings. The number of hydrogen-bond donors (Lipinski definition) is 1. The number of nitrogens with zero attached hydrogens (tertiary/aromatic N) is 1. The van der Waals surface area contributed by atoms with Crippen LogP contribution in [-0.2, 0) is 17.9 Å². The topological polar surface area (TPSA) is 32.3 Å². The summed E-state index contributed by atoms with van der Waals surface area (Å²) in [5.74, 6) is 1.76. The van der Waals surface area contributed by atoms with Crippen molar-refractivity contribution in [3.63, 3.8) is 0 Å². The molecular formula is C19H30N2O. The van der Waals surface area contributed by atoms with Gasteiger partial charge in [-0.3, -0.25) is 9.69 Å². The Bertz CT molecular complexity index is 471. The van der Waals surface area contributed by atoms with Crippen molar-refractivity contribution in [2.24, 2.45) is 17.8 Å². The van der Waals surface area contributed by atoms with Gasteiger partial charge < -0.3 is 5.32 Å². The summed E-state index contributed by atoms with van der Waals surface area (Å²) < 4.78 is 0. The van der Waals surface area contributed by atoms with Gasteiger partial charge in [0.2, 0.25) is 5.91 Å². The fourth-order valence-electron chi connectivity index (χ4n) is 3.34. The largest absolute Gasteiger partial charge is 0.352 e. The van der Waals surface area contributed by atoms with E-state index in [2.05, 4.69) is 48.3 Å². The van der Waals surface area contributed by atoms with Gasteiger partial charge in [-0.25, -0.2) is 0 Å². The van der Waals surface area contributed by atoms with E-state index in [0.29, 0.717) is 6.54 Å². The minimum Gasteiger partial charge on any atom is -0.352 e. The molecule has 0 radical (unpaired) electrons. The van der Waals surface area contributed by atoms with Crippen LogP contribution in [0.25, 0.3) is 0 Å². The maximum Gasteiger partial charge on any atom is 0.222 e. The van der Waals surface area contributed by atoms with Crippen molar-refractivity contribution in [1.29, 1.82) is 0 Å². The van der Waals surface area contributed by atoms with E-state index in [9.17, 15) is 4.79 Å². The van der Waals surface area contributed by atoms with Crippen LogP contribution in [-0.4, -0.2) is 23.9 Å². The molecule has 0 bridgehead atoms. The van der Waals surface area contributed by atoms with E-state index in [1.807, 2.05) is 13.8 Å². The standard InChI is InChI=1S/C19H30N2O/c1-14(2)19(22)20-10-17-5-7-18(8-6-17)13-21-11-15(3)9-16(4)12-21/h5-8,14-16H,9-13H2,1-4H3,(H,20,22). The van der Waals surface area contributed by atoms with Crippen molar-refractivity contribution in [1.82, 2.24) is 10.2 Å². The molecule has 2 atom stereocenters. The lowest BCUT2D eigenvalue weighted by molar-refractivity contribution is -0.124. The summed E-state index contributed by atoms with van der Waals surface area (Å²) in [6.45, 7) is 12.6. The molecule has 2 rings (SSSR count). The van der Waals surface area contributed by atoms with Gasteiger partial charge in [-0.05, 0) is 29.4 Å². The first kappa shape index (κ1) is 17.0. The molecule has 1 aromatic carbocycles. The fourth-order valence-corrected chi connectivity index (χ4v) is 3.34. The van der Waals surface area contributed by atoms with Gasteiger partial charge in [-0.1, -0.05) is 52.0 Å². The highest BCUT2D eigenvalue weighted by Crippen LogP contribution is 2.22. The molecule has 1 amide bonds. The van der Waals surface area contributed by atoms with Crippen LogP contribution in [0.4, 0.5) is 0 Å². The minimum atomic E-state index is 0.0438. The normalized spacial score (nSPS) is 22.8. The highest BCUT2D eigenvalue weighted by Gasteiger charge is 2.21. The zero-order chi connectivity index (χ0) is 16.1. The molecule has 3 heteroatoms. The zero-order valence-corrected chi connectivity index (χ0v) is 14.4. The molecular weight excluding hydrogens is 272 g/mol. The lowest BCUT2D eigenvalue weighted by Crippen LogP contribution is -2.38. The predicted octanol–water partition coefficient (Wildman–Crippen LogP) is 3.44. The van der Waals surface area contributed by atoms with Gasteiger partial charge in [0.1, 0.15) is 0 Å². The van der Waals surface area contributed by atoms with E-state index in [-0.39, 0.29) is 11.8 Å². The molecule has 1 fully saturated rings. The van der Waals surface area contributed by atoms with Crippen LogP contribution < -0.4 is 5.32 Å². The summed E-state index contributed by atoms with van der Waals surface area (Å²) in [5, 5.41) is 2.96. The van der Waals surface area contributed by atoms with E-state index >= 15 is 0 Å². The molecule has 0 aromatic heterocycles. The van der Waals surface area contributed by atoms with E-state index < -0.39 is 0 Å². The molecule has 0 spiro atoms. The number of hydrogen-bond acceptors (Lipinski definition) is 2. The molecule has 0 aliphatic carbocycles. The third-order valence-electron chi connectivity index (χ3n) is 4.36. The fraction of sp³-hybridized carbons (Fsp3) is 0.632. The van der Waals surface area contributed by atoms with Crippen LogP contribution in [0.3, 0.4) is 0 Å². The summed E-state index contributed by atoms with van der Waals surface area (Å²) in [7, 11) is 0. The average Bonchev–Trinajstić information content (AvgIpc) is 2.45. The number of carbonyl (C=O) groups is 1. The number of benzene rings is 1. The average molecular weight is 302 g/mol. The molecule has 22 heavy (non-hydrogen) atoms. The number of nitrogens with one attached hydrogen (secondary N) is 1. The molecule has 1 aliphatic rings. The first-order valence-corrected chi connectivity index (χ1v) is 8.52. The second-order valence-electron chi connectivity index (χ2n) is 7.33. The van der Waals surface area contributed by atoms with Gasteiger partial charge in [-0.15, -0.1) is 0 Å². The van der Waals surface area contributed by atoms with Gasteiger partial charge in [0.15, 0.2) is 0 Å². The zero-order valence-electron chi connectivity index (χ0n) is 14.4. The third kappa shape index (κ3) is 5.13. The Labute approximate surface area is 135 Å². The summed E-state index contributed by atoms with van der Waals surface area (Å²) in [6, 6.07) is 8.65. The highest BCUT2D eigenvalue weighted by molar-refractivity contribution is 5.77. The molecule has 1 saturated heterocycles. The Morgan fingerprint density at radius 3 is 2.23 bits per heavy atom. The summed E-state index contributed by atoms with van der Waals surface area (Å²) in [4.78, 5) is 14.2. The predicted molar refractivity (Wildman–Crippen MR) is 91.3 cm³/mol. The van der Waals surface area contributed by atoms with Crippen molar-refractivity contribution in [2.75, 3.05) is 13.1 Å². The maximum absolute atomic E-state index is 11.6. The number of carbonyl (C=O) groups excluding carboxylic acids is 1. The lowest BCUT2D eigenvalue weighted by atomic mass is 9.91. The van der Waals surface area contributed by atoms with E-state index in [1.165, 1.54) is 25.1 Å². The molecule has 0 saturated carbocycles. The monoisotopic (exact) mass is 302 g/mol. The first-order chi connectivity index (χ1) is 10.4. The smallest absolute Gasteiger partial charge is 0.222 e. The molecule has 1 N–H and O–H groups in total. The molecule has 1 heterocycles. The molecule has 2 unspecified atom stereocenters. The van der Waals surface area contributed by atoms with E-state index in [0.717, 1.165) is 23.9 Å². The van der Waals surface area contributed by atoms with Crippen molar-refractivity contribution in [3.8, 4) is 0 Å². The van der Waals surface area contributed by atoms with Gasteiger partial charge in [0.25, 0.3) is 0 Å². The quantitative estimate of drug-likeness (QED) is 0.903. The summed E-state index contributed by atoms with van der Waals surface area (Å²) in [6.07, 6.45) is 1.35. The van der Waals surface area contributed by atoms with Gasteiger partial charge in [0.05, 0.1) is 0 Å². The first-order valence-electron chi connectivity index (χ1n) is 8.52. The van der Waals surface area contributed by atoms with Crippen LogP contribution in [0.2, 0.25) is 0 Å². The van der Waals surface area contributed by atoms with Gasteiger partial charge in [-0.2, -0.15) is 0 Å². The number of amides is 1. The number of likely N-dealkylation sites (tertiary alicyclic amines) is 1. The van der Waals surface area contributed by atoms with Crippen molar-refractivity contribution in [3.05, 3.63) is 35.4 Å². The third-order valence-corrected chi connectivity index (χ3v) is 4.36.